The second-order valence-corrected chi connectivity index (χ2v) is 10.1. The molecule has 1 saturated heterocycles. The van der Waals surface area contributed by atoms with E-state index in [0.29, 0.717) is 36.5 Å². The van der Waals surface area contributed by atoms with Crippen molar-refractivity contribution >= 4 is 29.7 Å². The monoisotopic (exact) mass is 490 g/mol. The Kier molecular flexibility index (Phi) is 9.59. The number of aliphatic hydroxyl groups is 1. The number of hydrogen-bond acceptors (Lipinski definition) is 8. The van der Waals surface area contributed by atoms with Gasteiger partial charge >= 0.3 is 17.9 Å². The lowest BCUT2D eigenvalue weighted by Gasteiger charge is -2.39. The largest absolute Gasteiger partial charge is 0.466 e. The van der Waals surface area contributed by atoms with E-state index in [2.05, 4.69) is 6.92 Å². The molecule has 1 aromatic rings. The first-order valence-electron chi connectivity index (χ1n) is 11.8. The van der Waals surface area contributed by atoms with Crippen LogP contribution in [0, 0.1) is 17.8 Å². The minimum atomic E-state index is -0.582. The van der Waals surface area contributed by atoms with Crippen molar-refractivity contribution in [2.75, 3.05) is 24.7 Å². The molecule has 1 aromatic carbocycles. The van der Waals surface area contributed by atoms with E-state index in [4.69, 9.17) is 14.2 Å². The molecule has 8 heteroatoms. The summed E-state index contributed by atoms with van der Waals surface area (Å²) in [5.41, 5.74) is 2.56. The van der Waals surface area contributed by atoms with Gasteiger partial charge in [-0.2, -0.15) is 11.8 Å². The fraction of sp³-hybridized carbons (Fsp3) is 0.577. The maximum absolute atomic E-state index is 13.1. The third-order valence-electron chi connectivity index (χ3n) is 6.51. The molecule has 0 bridgehead atoms. The summed E-state index contributed by atoms with van der Waals surface area (Å²) in [5, 5.41) is 9.18. The van der Waals surface area contributed by atoms with Crippen molar-refractivity contribution in [3.63, 3.8) is 0 Å². The average Bonchev–Trinajstić information content (AvgIpc) is 3.11. The molecule has 1 aliphatic carbocycles. The van der Waals surface area contributed by atoms with Gasteiger partial charge in [-0.15, -0.1) is 0 Å². The fourth-order valence-corrected chi connectivity index (χ4v) is 5.91. The smallest absolute Gasteiger partial charge is 0.338 e. The van der Waals surface area contributed by atoms with Crippen LogP contribution in [0.25, 0.3) is 0 Å². The highest BCUT2D eigenvalue weighted by Gasteiger charge is 2.53. The summed E-state index contributed by atoms with van der Waals surface area (Å²) >= 11 is 1.50. The molecule has 1 unspecified atom stereocenters. The number of carbonyl (C=O) groups is 3. The molecule has 7 nitrogen and oxygen atoms in total. The van der Waals surface area contributed by atoms with Crippen LogP contribution in [0.15, 0.2) is 41.5 Å². The molecule has 3 rings (SSSR count). The highest BCUT2D eigenvalue weighted by atomic mass is 32.2. The molecule has 1 N–H and O–H groups in total. The molecule has 0 spiro atoms. The summed E-state index contributed by atoms with van der Waals surface area (Å²) in [4.78, 5) is 37.0. The van der Waals surface area contributed by atoms with Crippen molar-refractivity contribution < 1.29 is 33.7 Å². The summed E-state index contributed by atoms with van der Waals surface area (Å²) in [5.74, 6) is -0.568. The molecule has 0 radical (unpaired) electrons. The number of benzene rings is 1. The third-order valence-corrected chi connectivity index (χ3v) is 7.58. The van der Waals surface area contributed by atoms with Gasteiger partial charge in [0.05, 0.1) is 30.6 Å². The molecule has 1 aliphatic heterocycles. The Labute approximate surface area is 205 Å². The Balaban J connectivity index is 1.87. The summed E-state index contributed by atoms with van der Waals surface area (Å²) in [6.45, 7) is 5.87. The minimum absolute atomic E-state index is 0.0383. The van der Waals surface area contributed by atoms with Gasteiger partial charge in [0.15, 0.2) is 0 Å². The standard InChI is InChI=1S/C26H34O7S/c1-16(8-7-12-31-18(3)28)22-17(2)14-21-23(20(26(30)32-21)15-34-13-11-27)24(22)33-25(29)19-9-5-4-6-10-19/h4-6,9-10,16,20-21,23-24,27H,7-8,11-15H2,1-3H3/t16-,20?,21+,23+,24+/m0/s1. The summed E-state index contributed by atoms with van der Waals surface area (Å²) in [6.07, 6.45) is 1.14. The zero-order valence-corrected chi connectivity index (χ0v) is 20.8. The van der Waals surface area contributed by atoms with E-state index >= 15 is 0 Å². The van der Waals surface area contributed by atoms with Gasteiger partial charge in [-0.3, -0.25) is 9.59 Å². The molecule has 0 amide bonds. The van der Waals surface area contributed by atoms with Crippen molar-refractivity contribution in [3.8, 4) is 0 Å². The highest BCUT2D eigenvalue weighted by Crippen LogP contribution is 2.46. The number of carbonyl (C=O) groups excluding carboxylic acids is 3. The van der Waals surface area contributed by atoms with E-state index in [1.807, 2.05) is 13.0 Å². The maximum Gasteiger partial charge on any atom is 0.338 e. The molecular formula is C26H34O7S. The Bertz CT molecular complexity index is 898. The van der Waals surface area contributed by atoms with Crippen molar-refractivity contribution in [3.05, 3.63) is 47.0 Å². The first-order valence-corrected chi connectivity index (χ1v) is 13.0. The van der Waals surface area contributed by atoms with Crippen molar-refractivity contribution in [1.29, 1.82) is 0 Å². The topological polar surface area (TPSA) is 99.1 Å². The van der Waals surface area contributed by atoms with Gasteiger partial charge in [-0.05, 0) is 43.4 Å². The lowest BCUT2D eigenvalue weighted by Crippen LogP contribution is -2.43. The molecule has 1 fully saturated rings. The Morgan fingerprint density at radius 3 is 2.68 bits per heavy atom. The molecule has 34 heavy (non-hydrogen) atoms. The van der Waals surface area contributed by atoms with Gasteiger partial charge in [0, 0.05) is 24.9 Å². The zero-order valence-electron chi connectivity index (χ0n) is 20.0. The molecule has 5 atom stereocenters. The van der Waals surface area contributed by atoms with Crippen molar-refractivity contribution in [2.45, 2.75) is 52.2 Å². The molecule has 186 valence electrons. The van der Waals surface area contributed by atoms with E-state index in [0.717, 1.165) is 17.6 Å². The van der Waals surface area contributed by atoms with Gasteiger partial charge < -0.3 is 19.3 Å². The Morgan fingerprint density at radius 2 is 2.00 bits per heavy atom. The van der Waals surface area contributed by atoms with E-state index in [-0.39, 0.29) is 36.5 Å². The first kappa shape index (κ1) is 26.3. The SMILES string of the molecule is CC(=O)OCCC[C@H](C)C1=C(C)C[C@H]2OC(=O)C(CSCCO)[C@H]2[C@@H]1OC(=O)c1ccccc1. The van der Waals surface area contributed by atoms with Crippen molar-refractivity contribution in [2.24, 2.45) is 17.8 Å². The number of aliphatic hydroxyl groups excluding tert-OH is 1. The van der Waals surface area contributed by atoms with Gasteiger partial charge in [-0.1, -0.05) is 30.7 Å². The summed E-state index contributed by atoms with van der Waals surface area (Å²) in [7, 11) is 0. The number of rotatable bonds is 11. The van der Waals surface area contributed by atoms with Crippen LogP contribution >= 0.6 is 11.8 Å². The molecular weight excluding hydrogens is 456 g/mol. The van der Waals surface area contributed by atoms with Crippen LogP contribution in [-0.2, 0) is 23.8 Å². The quantitative estimate of drug-likeness (QED) is 0.216. The second kappa shape index (κ2) is 12.4. The first-order chi connectivity index (χ1) is 16.3. The number of thioether (sulfide) groups is 1. The summed E-state index contributed by atoms with van der Waals surface area (Å²) < 4.78 is 17.0. The molecule has 1 heterocycles. The predicted octanol–water partition coefficient (Wildman–Crippen LogP) is 3.79. The number of fused-ring (bicyclic) bond motifs is 1. The second-order valence-electron chi connectivity index (χ2n) is 8.97. The minimum Gasteiger partial charge on any atom is -0.466 e. The van der Waals surface area contributed by atoms with Crippen LogP contribution in [0.5, 0.6) is 0 Å². The van der Waals surface area contributed by atoms with Crippen LogP contribution in [0.3, 0.4) is 0 Å². The molecule has 0 aromatic heterocycles. The molecule has 2 aliphatic rings. The predicted molar refractivity (Wildman–Crippen MR) is 129 cm³/mol. The third kappa shape index (κ3) is 6.42. The fourth-order valence-electron chi connectivity index (χ4n) is 5.00. The van der Waals surface area contributed by atoms with Gasteiger partial charge in [0.1, 0.15) is 12.2 Å². The average molecular weight is 491 g/mol. The lowest BCUT2D eigenvalue weighted by atomic mass is 9.71. The highest BCUT2D eigenvalue weighted by molar-refractivity contribution is 7.99. The van der Waals surface area contributed by atoms with Crippen molar-refractivity contribution in [1.82, 2.24) is 0 Å². The number of esters is 3. The Morgan fingerprint density at radius 1 is 1.26 bits per heavy atom. The van der Waals surface area contributed by atoms with Crippen LogP contribution in [0.2, 0.25) is 0 Å². The van der Waals surface area contributed by atoms with E-state index < -0.39 is 18.0 Å². The van der Waals surface area contributed by atoms with E-state index in [9.17, 15) is 19.5 Å². The number of hydrogen-bond donors (Lipinski definition) is 1. The summed E-state index contributed by atoms with van der Waals surface area (Å²) in [6, 6.07) is 8.84. The van der Waals surface area contributed by atoms with Crippen LogP contribution in [-0.4, -0.2) is 59.9 Å². The zero-order chi connectivity index (χ0) is 24.7. The van der Waals surface area contributed by atoms with Gasteiger partial charge in [-0.25, -0.2) is 4.79 Å². The van der Waals surface area contributed by atoms with Crippen LogP contribution < -0.4 is 0 Å². The Hall–Kier alpha value is -2.32. The van der Waals surface area contributed by atoms with Crippen LogP contribution in [0.1, 0.15) is 50.4 Å². The van der Waals surface area contributed by atoms with Gasteiger partial charge in [0.2, 0.25) is 0 Å². The normalized spacial score (nSPS) is 24.9. The maximum atomic E-state index is 13.1. The lowest BCUT2D eigenvalue weighted by molar-refractivity contribution is -0.144. The van der Waals surface area contributed by atoms with E-state index in [1.54, 1.807) is 24.3 Å². The molecule has 0 saturated carbocycles. The van der Waals surface area contributed by atoms with Gasteiger partial charge in [0.25, 0.3) is 0 Å². The van der Waals surface area contributed by atoms with Crippen LogP contribution in [0.4, 0.5) is 0 Å². The van der Waals surface area contributed by atoms with E-state index in [1.165, 1.54) is 18.7 Å². The number of ether oxygens (including phenoxy) is 3.